The minimum absolute atomic E-state index is 0.126. The summed E-state index contributed by atoms with van der Waals surface area (Å²) in [7, 11) is 5.25. The van der Waals surface area contributed by atoms with Gasteiger partial charge in [0.25, 0.3) is 0 Å². The lowest BCUT2D eigenvalue weighted by Gasteiger charge is -2.33. The van der Waals surface area contributed by atoms with Crippen molar-refractivity contribution in [3.8, 4) is 5.75 Å². The Morgan fingerprint density at radius 3 is 3.00 bits per heavy atom. The number of morpholine rings is 1. The van der Waals surface area contributed by atoms with E-state index in [2.05, 4.69) is 11.0 Å². The lowest BCUT2D eigenvalue weighted by atomic mass is 10.1. The highest BCUT2D eigenvalue weighted by molar-refractivity contribution is 5.77. The zero-order valence-electron chi connectivity index (χ0n) is 13.0. The Balaban J connectivity index is 1.90. The first kappa shape index (κ1) is 15.8. The monoisotopic (exact) mass is 292 g/mol. The molecule has 0 saturated carbocycles. The second-order valence-corrected chi connectivity index (χ2v) is 5.57. The average Bonchev–Trinajstić information content (AvgIpc) is 2.47. The molecule has 1 aromatic carbocycles. The van der Waals surface area contributed by atoms with E-state index in [9.17, 15) is 4.79 Å². The van der Waals surface area contributed by atoms with Gasteiger partial charge in [-0.2, -0.15) is 0 Å². The molecule has 0 bridgehead atoms. The van der Waals surface area contributed by atoms with Gasteiger partial charge in [0.2, 0.25) is 5.91 Å². The first-order valence-electron chi connectivity index (χ1n) is 7.25. The molecule has 1 amide bonds. The maximum absolute atomic E-state index is 11.8. The van der Waals surface area contributed by atoms with Crippen molar-refractivity contribution in [1.82, 2.24) is 9.80 Å². The molecule has 0 radical (unpaired) electrons. The van der Waals surface area contributed by atoms with E-state index in [1.807, 2.05) is 18.2 Å². The van der Waals surface area contributed by atoms with E-state index in [-0.39, 0.29) is 12.0 Å². The van der Waals surface area contributed by atoms with Crippen LogP contribution >= 0.6 is 0 Å². The lowest BCUT2D eigenvalue weighted by molar-refractivity contribution is -0.131. The molecule has 1 heterocycles. The Morgan fingerprint density at radius 2 is 2.29 bits per heavy atom. The molecule has 1 aliphatic rings. The molecule has 0 aromatic heterocycles. The molecule has 0 aliphatic carbocycles. The molecule has 0 spiro atoms. The van der Waals surface area contributed by atoms with Gasteiger partial charge in [-0.25, -0.2) is 0 Å². The number of ether oxygens (including phenoxy) is 2. The van der Waals surface area contributed by atoms with Crippen LogP contribution < -0.4 is 4.74 Å². The number of carbonyl (C=O) groups excluding carboxylic acids is 1. The topological polar surface area (TPSA) is 42.0 Å². The smallest absolute Gasteiger partial charge is 0.236 e. The second kappa shape index (κ2) is 7.43. The van der Waals surface area contributed by atoms with E-state index < -0.39 is 0 Å². The van der Waals surface area contributed by atoms with Crippen molar-refractivity contribution in [3.63, 3.8) is 0 Å². The highest BCUT2D eigenvalue weighted by Crippen LogP contribution is 2.17. The molecule has 0 unspecified atom stereocenters. The maximum atomic E-state index is 11.8. The Bertz CT molecular complexity index is 476. The fraction of sp³-hybridized carbons (Fsp3) is 0.562. The quantitative estimate of drug-likeness (QED) is 0.813. The largest absolute Gasteiger partial charge is 0.497 e. The van der Waals surface area contributed by atoms with Gasteiger partial charge in [0.05, 0.1) is 26.4 Å². The summed E-state index contributed by atoms with van der Waals surface area (Å²) >= 11 is 0. The molecule has 0 N–H and O–H groups in total. The van der Waals surface area contributed by atoms with E-state index in [1.165, 1.54) is 5.56 Å². The summed E-state index contributed by atoms with van der Waals surface area (Å²) in [5, 5.41) is 0. The van der Waals surface area contributed by atoms with Crippen molar-refractivity contribution in [2.45, 2.75) is 12.5 Å². The first-order chi connectivity index (χ1) is 10.1. The number of hydrogen-bond donors (Lipinski definition) is 0. The van der Waals surface area contributed by atoms with Crippen LogP contribution in [0.5, 0.6) is 5.75 Å². The normalized spacial score (nSPS) is 19.3. The van der Waals surface area contributed by atoms with E-state index >= 15 is 0 Å². The van der Waals surface area contributed by atoms with Crippen LogP contribution in [0.1, 0.15) is 5.56 Å². The minimum atomic E-state index is 0.126. The molecule has 2 rings (SSSR count). The minimum Gasteiger partial charge on any atom is -0.497 e. The summed E-state index contributed by atoms with van der Waals surface area (Å²) in [5.74, 6) is 1.000. The number of benzene rings is 1. The molecule has 1 aromatic rings. The summed E-state index contributed by atoms with van der Waals surface area (Å²) in [6, 6.07) is 8.04. The van der Waals surface area contributed by atoms with Crippen LogP contribution in [0.15, 0.2) is 24.3 Å². The fourth-order valence-electron chi connectivity index (χ4n) is 2.44. The number of likely N-dealkylation sites (N-methyl/N-ethyl adjacent to an activating group) is 1. The number of amides is 1. The Hall–Kier alpha value is -1.59. The molecule has 1 fully saturated rings. The predicted molar refractivity (Wildman–Crippen MR) is 81.6 cm³/mol. The van der Waals surface area contributed by atoms with Crippen LogP contribution in [0.25, 0.3) is 0 Å². The van der Waals surface area contributed by atoms with E-state index in [1.54, 1.807) is 26.1 Å². The highest BCUT2D eigenvalue weighted by Gasteiger charge is 2.22. The van der Waals surface area contributed by atoms with Gasteiger partial charge >= 0.3 is 0 Å². The van der Waals surface area contributed by atoms with Gasteiger partial charge in [-0.05, 0) is 17.7 Å². The van der Waals surface area contributed by atoms with Gasteiger partial charge in [-0.3, -0.25) is 9.69 Å². The molecular formula is C16H24N2O3. The Kier molecular flexibility index (Phi) is 5.59. The first-order valence-corrected chi connectivity index (χ1v) is 7.25. The van der Waals surface area contributed by atoms with Crippen molar-refractivity contribution in [3.05, 3.63) is 29.8 Å². The lowest BCUT2D eigenvalue weighted by Crippen LogP contribution is -2.47. The number of carbonyl (C=O) groups is 1. The number of nitrogens with zero attached hydrogens (tertiary/aromatic N) is 2. The number of hydrogen-bond acceptors (Lipinski definition) is 4. The Labute approximate surface area is 126 Å². The molecule has 21 heavy (non-hydrogen) atoms. The van der Waals surface area contributed by atoms with E-state index in [4.69, 9.17) is 9.47 Å². The van der Waals surface area contributed by atoms with E-state index in [0.29, 0.717) is 13.2 Å². The van der Waals surface area contributed by atoms with Crippen LogP contribution in [0, 0.1) is 0 Å². The van der Waals surface area contributed by atoms with Gasteiger partial charge in [0, 0.05) is 33.6 Å². The average molecular weight is 292 g/mol. The van der Waals surface area contributed by atoms with Crippen LogP contribution in [0.4, 0.5) is 0 Å². The van der Waals surface area contributed by atoms with Gasteiger partial charge in [-0.1, -0.05) is 12.1 Å². The molecular weight excluding hydrogens is 268 g/mol. The SMILES string of the molecule is COc1cccc(C[C@H]2CN(CC(=O)N(C)C)CCO2)c1. The standard InChI is InChI=1S/C16H24N2O3/c1-17(2)16(19)12-18-7-8-21-15(11-18)10-13-5-4-6-14(9-13)20-3/h4-6,9,15H,7-8,10-12H2,1-3H3/t15-/m0/s1. The zero-order valence-corrected chi connectivity index (χ0v) is 13.0. The molecule has 1 saturated heterocycles. The van der Waals surface area contributed by atoms with Crippen LogP contribution in [0.2, 0.25) is 0 Å². The van der Waals surface area contributed by atoms with E-state index in [0.717, 1.165) is 25.3 Å². The van der Waals surface area contributed by atoms with Gasteiger partial charge in [0.1, 0.15) is 5.75 Å². The molecule has 116 valence electrons. The van der Waals surface area contributed by atoms with Crippen molar-refractivity contribution < 1.29 is 14.3 Å². The third-order valence-corrected chi connectivity index (χ3v) is 3.68. The Morgan fingerprint density at radius 1 is 1.48 bits per heavy atom. The summed E-state index contributed by atoms with van der Waals surface area (Å²) in [6.07, 6.45) is 0.963. The van der Waals surface area contributed by atoms with Crippen molar-refractivity contribution in [2.75, 3.05) is 47.4 Å². The fourth-order valence-corrected chi connectivity index (χ4v) is 2.44. The second-order valence-electron chi connectivity index (χ2n) is 5.57. The van der Waals surface area contributed by atoms with Crippen LogP contribution in [0.3, 0.4) is 0 Å². The molecule has 5 heteroatoms. The molecule has 1 aliphatic heterocycles. The number of rotatable bonds is 5. The third-order valence-electron chi connectivity index (χ3n) is 3.68. The van der Waals surface area contributed by atoms with Gasteiger partial charge in [0.15, 0.2) is 0 Å². The highest BCUT2D eigenvalue weighted by atomic mass is 16.5. The number of methoxy groups -OCH3 is 1. The summed E-state index contributed by atoms with van der Waals surface area (Å²) < 4.78 is 11.1. The van der Waals surface area contributed by atoms with Crippen molar-refractivity contribution >= 4 is 5.91 Å². The van der Waals surface area contributed by atoms with Crippen LogP contribution in [-0.4, -0.2) is 69.3 Å². The third kappa shape index (κ3) is 4.72. The van der Waals surface area contributed by atoms with Gasteiger partial charge in [-0.15, -0.1) is 0 Å². The van der Waals surface area contributed by atoms with Gasteiger partial charge < -0.3 is 14.4 Å². The molecule has 1 atom stereocenters. The molecule has 5 nitrogen and oxygen atoms in total. The van der Waals surface area contributed by atoms with Crippen LogP contribution in [-0.2, 0) is 16.0 Å². The predicted octanol–water partition coefficient (Wildman–Crippen LogP) is 1.03. The summed E-state index contributed by atoms with van der Waals surface area (Å²) in [6.45, 7) is 2.74. The van der Waals surface area contributed by atoms with Crippen molar-refractivity contribution in [2.24, 2.45) is 0 Å². The maximum Gasteiger partial charge on any atom is 0.236 e. The summed E-state index contributed by atoms with van der Waals surface area (Å²) in [4.78, 5) is 15.6. The summed E-state index contributed by atoms with van der Waals surface area (Å²) in [5.41, 5.74) is 1.19. The van der Waals surface area contributed by atoms with Crippen molar-refractivity contribution in [1.29, 1.82) is 0 Å². The zero-order chi connectivity index (χ0) is 15.2.